The highest BCUT2D eigenvalue weighted by atomic mass is 16.5. The molecule has 1 aliphatic rings. The third kappa shape index (κ3) is 5.05. The molecule has 0 bridgehead atoms. The van der Waals surface area contributed by atoms with Gasteiger partial charge < -0.3 is 19.7 Å². The average Bonchev–Trinajstić information content (AvgIpc) is 2.54. The molecule has 5 heteroatoms. The zero-order chi connectivity index (χ0) is 16.8. The fourth-order valence-corrected chi connectivity index (χ4v) is 2.93. The van der Waals surface area contributed by atoms with Gasteiger partial charge in [-0.25, -0.2) is 0 Å². The Morgan fingerprint density at radius 3 is 2.48 bits per heavy atom. The van der Waals surface area contributed by atoms with E-state index in [9.17, 15) is 4.79 Å². The Morgan fingerprint density at radius 1 is 1.26 bits per heavy atom. The van der Waals surface area contributed by atoms with Gasteiger partial charge in [0.2, 0.25) is 5.91 Å². The number of carbonyl (C=O) groups is 1. The molecule has 1 atom stereocenters. The lowest BCUT2D eigenvalue weighted by Gasteiger charge is -2.34. The maximum atomic E-state index is 12.3. The molecule has 0 aromatic heterocycles. The molecule has 1 unspecified atom stereocenters. The quantitative estimate of drug-likeness (QED) is 0.875. The fraction of sp³-hybridized carbons (Fsp3) is 0.611. The van der Waals surface area contributed by atoms with Gasteiger partial charge >= 0.3 is 0 Å². The number of carbonyl (C=O) groups excluding carboxylic acids is 1. The summed E-state index contributed by atoms with van der Waals surface area (Å²) in [4.78, 5) is 14.3. The largest absolute Gasteiger partial charge is 0.497 e. The maximum absolute atomic E-state index is 12.3. The summed E-state index contributed by atoms with van der Waals surface area (Å²) in [5.74, 6) is 2.18. The van der Waals surface area contributed by atoms with E-state index in [1.165, 1.54) is 0 Å². The smallest absolute Gasteiger partial charge is 0.222 e. The second kappa shape index (κ2) is 8.09. The van der Waals surface area contributed by atoms with E-state index in [4.69, 9.17) is 9.47 Å². The van der Waals surface area contributed by atoms with E-state index in [2.05, 4.69) is 19.2 Å². The Balaban J connectivity index is 2.01. The predicted molar refractivity (Wildman–Crippen MR) is 92.2 cm³/mol. The van der Waals surface area contributed by atoms with Crippen molar-refractivity contribution in [2.24, 2.45) is 5.92 Å². The van der Waals surface area contributed by atoms with Crippen molar-refractivity contribution in [2.45, 2.75) is 39.2 Å². The topological polar surface area (TPSA) is 50.8 Å². The van der Waals surface area contributed by atoms with Crippen LogP contribution in [0.25, 0.3) is 0 Å². The molecule has 23 heavy (non-hydrogen) atoms. The number of piperidine rings is 1. The third-order valence-corrected chi connectivity index (χ3v) is 4.08. The summed E-state index contributed by atoms with van der Waals surface area (Å²) in [6.07, 6.45) is 2.72. The molecular weight excluding hydrogens is 292 g/mol. The summed E-state index contributed by atoms with van der Waals surface area (Å²) in [6.45, 7) is 5.79. The molecule has 5 nitrogen and oxygen atoms in total. The summed E-state index contributed by atoms with van der Waals surface area (Å²) in [5.41, 5.74) is 0.962. The summed E-state index contributed by atoms with van der Waals surface area (Å²) in [7, 11) is 3.29. The zero-order valence-corrected chi connectivity index (χ0v) is 14.6. The molecule has 1 aliphatic heterocycles. The summed E-state index contributed by atoms with van der Waals surface area (Å²) < 4.78 is 10.6. The highest BCUT2D eigenvalue weighted by molar-refractivity contribution is 5.76. The van der Waals surface area contributed by atoms with Crippen LogP contribution >= 0.6 is 0 Å². The van der Waals surface area contributed by atoms with Crippen LogP contribution in [0.4, 0.5) is 5.69 Å². The number of ether oxygens (including phenoxy) is 2. The number of hydrogen-bond acceptors (Lipinski definition) is 4. The normalized spacial score (nSPS) is 18.0. The van der Waals surface area contributed by atoms with E-state index in [0.717, 1.165) is 43.1 Å². The van der Waals surface area contributed by atoms with Crippen LogP contribution in [0.15, 0.2) is 18.2 Å². The molecular formula is C18H28N2O3. The minimum Gasteiger partial charge on any atom is -0.497 e. The Bertz CT molecular complexity index is 509. The Hall–Kier alpha value is -1.91. The van der Waals surface area contributed by atoms with E-state index >= 15 is 0 Å². The number of amides is 1. The van der Waals surface area contributed by atoms with Crippen molar-refractivity contribution in [1.82, 2.24) is 4.90 Å². The summed E-state index contributed by atoms with van der Waals surface area (Å²) in [6, 6.07) is 6.02. The van der Waals surface area contributed by atoms with Crippen LogP contribution in [0.5, 0.6) is 11.5 Å². The first kappa shape index (κ1) is 17.4. The van der Waals surface area contributed by atoms with Crippen LogP contribution in [0, 0.1) is 5.92 Å². The van der Waals surface area contributed by atoms with Gasteiger partial charge in [0.25, 0.3) is 0 Å². The van der Waals surface area contributed by atoms with Gasteiger partial charge in [0.1, 0.15) is 11.5 Å². The molecule has 128 valence electrons. The fourth-order valence-electron chi connectivity index (χ4n) is 2.93. The molecule has 1 amide bonds. The van der Waals surface area contributed by atoms with Crippen LogP contribution in [0.1, 0.15) is 33.1 Å². The maximum Gasteiger partial charge on any atom is 0.222 e. The van der Waals surface area contributed by atoms with Crippen molar-refractivity contribution < 1.29 is 14.3 Å². The lowest BCUT2D eigenvalue weighted by molar-refractivity contribution is -0.133. The lowest BCUT2D eigenvalue weighted by Crippen LogP contribution is -2.45. The van der Waals surface area contributed by atoms with Gasteiger partial charge in [-0.3, -0.25) is 4.79 Å². The first-order valence-electron chi connectivity index (χ1n) is 8.29. The Kier molecular flexibility index (Phi) is 6.13. The highest BCUT2D eigenvalue weighted by Crippen LogP contribution is 2.27. The van der Waals surface area contributed by atoms with Crippen LogP contribution in [-0.2, 0) is 4.79 Å². The van der Waals surface area contributed by atoms with Crippen LogP contribution < -0.4 is 14.8 Å². The van der Waals surface area contributed by atoms with E-state index in [-0.39, 0.29) is 11.9 Å². The first-order chi connectivity index (χ1) is 11.0. The van der Waals surface area contributed by atoms with Crippen LogP contribution in [0.3, 0.4) is 0 Å². The molecule has 0 spiro atoms. The summed E-state index contributed by atoms with van der Waals surface area (Å²) >= 11 is 0. The molecule has 1 heterocycles. The minimum atomic E-state index is 0.259. The van der Waals surface area contributed by atoms with Crippen molar-refractivity contribution in [3.8, 4) is 11.5 Å². The van der Waals surface area contributed by atoms with Crippen molar-refractivity contribution in [3.05, 3.63) is 18.2 Å². The molecule has 0 aliphatic carbocycles. The predicted octanol–water partition coefficient (Wildman–Crippen LogP) is 3.15. The molecule has 2 rings (SSSR count). The monoisotopic (exact) mass is 320 g/mol. The van der Waals surface area contributed by atoms with Gasteiger partial charge in [-0.15, -0.1) is 0 Å². The number of benzene rings is 1. The number of methoxy groups -OCH3 is 2. The van der Waals surface area contributed by atoms with E-state index < -0.39 is 0 Å². The first-order valence-corrected chi connectivity index (χ1v) is 8.29. The van der Waals surface area contributed by atoms with Gasteiger partial charge in [0, 0.05) is 49.4 Å². The molecule has 0 saturated carbocycles. The van der Waals surface area contributed by atoms with Gasteiger partial charge in [0.15, 0.2) is 0 Å². The molecule has 1 N–H and O–H groups in total. The number of likely N-dealkylation sites (tertiary alicyclic amines) is 1. The SMILES string of the molecule is COc1cc(NC2CCCN(C(=O)CC(C)C)C2)cc(OC)c1. The molecule has 1 saturated heterocycles. The van der Waals surface area contributed by atoms with E-state index in [0.29, 0.717) is 12.3 Å². The number of rotatable bonds is 6. The number of hydrogen-bond donors (Lipinski definition) is 1. The second-order valence-corrected chi connectivity index (χ2v) is 6.52. The van der Waals surface area contributed by atoms with Gasteiger partial charge in [-0.05, 0) is 18.8 Å². The van der Waals surface area contributed by atoms with Crippen molar-refractivity contribution in [2.75, 3.05) is 32.6 Å². The standard InChI is InChI=1S/C18H28N2O3/c1-13(2)8-18(21)20-7-5-6-14(12-20)19-15-9-16(22-3)11-17(10-15)23-4/h9-11,13-14,19H,5-8,12H2,1-4H3. The summed E-state index contributed by atoms with van der Waals surface area (Å²) in [5, 5.41) is 3.51. The molecule has 1 aromatic rings. The average molecular weight is 320 g/mol. The van der Waals surface area contributed by atoms with E-state index in [1.54, 1.807) is 14.2 Å². The molecule has 0 radical (unpaired) electrons. The number of anilines is 1. The van der Waals surface area contributed by atoms with Crippen molar-refractivity contribution in [3.63, 3.8) is 0 Å². The second-order valence-electron chi connectivity index (χ2n) is 6.52. The molecule has 1 aromatic carbocycles. The Labute approximate surface area is 139 Å². The van der Waals surface area contributed by atoms with Crippen molar-refractivity contribution >= 4 is 11.6 Å². The van der Waals surface area contributed by atoms with Crippen LogP contribution in [0.2, 0.25) is 0 Å². The highest BCUT2D eigenvalue weighted by Gasteiger charge is 2.24. The lowest BCUT2D eigenvalue weighted by atomic mass is 10.0. The number of nitrogens with one attached hydrogen (secondary N) is 1. The Morgan fingerprint density at radius 2 is 1.91 bits per heavy atom. The van der Waals surface area contributed by atoms with E-state index in [1.807, 2.05) is 23.1 Å². The van der Waals surface area contributed by atoms with Gasteiger partial charge in [-0.2, -0.15) is 0 Å². The molecule has 1 fully saturated rings. The van der Waals surface area contributed by atoms with Crippen LogP contribution in [-0.4, -0.2) is 44.2 Å². The zero-order valence-electron chi connectivity index (χ0n) is 14.6. The van der Waals surface area contributed by atoms with Gasteiger partial charge in [0.05, 0.1) is 14.2 Å². The van der Waals surface area contributed by atoms with Gasteiger partial charge in [-0.1, -0.05) is 13.8 Å². The minimum absolute atomic E-state index is 0.259. The number of nitrogens with zero attached hydrogens (tertiary/aromatic N) is 1. The third-order valence-electron chi connectivity index (χ3n) is 4.08. The van der Waals surface area contributed by atoms with Crippen molar-refractivity contribution in [1.29, 1.82) is 0 Å².